The molecule has 0 aromatic carbocycles. The molecule has 0 aliphatic carbocycles. The third-order valence-corrected chi connectivity index (χ3v) is 13.5. The Bertz CT molecular complexity index is 1480. The minimum atomic E-state index is -0.795. The fourth-order valence-electron chi connectivity index (χ4n) is 8.79. The lowest BCUT2D eigenvalue weighted by Crippen LogP contribution is -2.30. The Hall–Kier alpha value is -3.67. The summed E-state index contributed by atoms with van der Waals surface area (Å²) >= 11 is 0. The van der Waals surface area contributed by atoms with E-state index in [-0.39, 0.29) is 31.1 Å². The van der Waals surface area contributed by atoms with Gasteiger partial charge in [0.15, 0.2) is 6.10 Å². The zero-order valence-electron chi connectivity index (χ0n) is 49.3. The molecule has 75 heavy (non-hydrogen) atoms. The lowest BCUT2D eigenvalue weighted by atomic mass is 10.1. The van der Waals surface area contributed by atoms with Crippen molar-refractivity contribution in [1.82, 2.24) is 0 Å². The second kappa shape index (κ2) is 62.9. The van der Waals surface area contributed by atoms with Crippen LogP contribution in [0, 0.1) is 0 Å². The number of hydrogen-bond acceptors (Lipinski definition) is 6. The molecule has 6 nitrogen and oxygen atoms in total. The van der Waals surface area contributed by atoms with Gasteiger partial charge in [-0.25, -0.2) is 0 Å². The van der Waals surface area contributed by atoms with Crippen LogP contribution in [0.3, 0.4) is 0 Å². The minimum absolute atomic E-state index is 0.0918. The molecule has 0 rings (SSSR count). The molecule has 0 aliphatic rings. The molecule has 0 aromatic heterocycles. The molecular formula is C69H118O6. The molecule has 1 unspecified atom stereocenters. The molecule has 0 aromatic rings. The van der Waals surface area contributed by atoms with Gasteiger partial charge in [-0.1, -0.05) is 259 Å². The van der Waals surface area contributed by atoms with Crippen LogP contribution in [0.15, 0.2) is 97.2 Å². The van der Waals surface area contributed by atoms with E-state index in [0.29, 0.717) is 19.3 Å². The summed E-state index contributed by atoms with van der Waals surface area (Å²) < 4.78 is 16.9. The molecule has 0 fully saturated rings. The SMILES string of the molecule is CC/C=C\C/C=C\C/C=C\CCCCCCCC(=O)OCC(COC(=O)CCCCCCCC/C=C\C/C=C\C/C=C\CCCCCCC)OC(=O)CCCCCCCCCCC/C=C\C/C=C\CCCCCCC. The van der Waals surface area contributed by atoms with Crippen LogP contribution in [0.5, 0.6) is 0 Å². The van der Waals surface area contributed by atoms with Gasteiger partial charge in [0.2, 0.25) is 0 Å². The van der Waals surface area contributed by atoms with E-state index in [1.165, 1.54) is 141 Å². The first kappa shape index (κ1) is 71.3. The maximum Gasteiger partial charge on any atom is 0.306 e. The fourth-order valence-corrected chi connectivity index (χ4v) is 8.79. The fraction of sp³-hybridized carbons (Fsp3) is 0.725. The maximum atomic E-state index is 12.9. The Balaban J connectivity index is 4.42. The van der Waals surface area contributed by atoms with Crippen LogP contribution in [0.1, 0.15) is 303 Å². The number of ether oxygens (including phenoxy) is 3. The predicted molar refractivity (Wildman–Crippen MR) is 325 cm³/mol. The van der Waals surface area contributed by atoms with Crippen LogP contribution in [-0.2, 0) is 28.6 Å². The van der Waals surface area contributed by atoms with Gasteiger partial charge in [-0.15, -0.1) is 0 Å². The molecule has 0 aliphatic heterocycles. The quantitative estimate of drug-likeness (QED) is 0.0261. The third kappa shape index (κ3) is 61.1. The van der Waals surface area contributed by atoms with Gasteiger partial charge >= 0.3 is 17.9 Å². The van der Waals surface area contributed by atoms with Crippen molar-refractivity contribution >= 4 is 17.9 Å². The van der Waals surface area contributed by atoms with Gasteiger partial charge in [0.1, 0.15) is 13.2 Å². The maximum absolute atomic E-state index is 12.9. The van der Waals surface area contributed by atoms with Crippen molar-refractivity contribution in [3.05, 3.63) is 97.2 Å². The molecule has 0 radical (unpaired) electrons. The molecule has 1 atom stereocenters. The Labute approximate surface area is 464 Å². The number of rotatable bonds is 57. The Kier molecular flexibility index (Phi) is 59.8. The van der Waals surface area contributed by atoms with Gasteiger partial charge in [0, 0.05) is 19.3 Å². The number of esters is 3. The van der Waals surface area contributed by atoms with E-state index < -0.39 is 6.10 Å². The largest absolute Gasteiger partial charge is 0.462 e. The number of unbranched alkanes of at least 4 members (excludes halogenated alkanes) is 30. The first-order valence-corrected chi connectivity index (χ1v) is 31.7. The van der Waals surface area contributed by atoms with Crippen molar-refractivity contribution in [2.24, 2.45) is 0 Å². The highest BCUT2D eigenvalue weighted by molar-refractivity contribution is 5.71. The molecule has 0 saturated carbocycles. The second-order valence-corrected chi connectivity index (χ2v) is 20.9. The predicted octanol–water partition coefficient (Wildman–Crippen LogP) is 21.7. The number of allylic oxidation sites excluding steroid dienone is 16. The third-order valence-electron chi connectivity index (χ3n) is 13.5. The monoisotopic (exact) mass is 1040 g/mol. The Morgan fingerprint density at radius 3 is 0.813 bits per heavy atom. The van der Waals surface area contributed by atoms with E-state index in [9.17, 15) is 14.4 Å². The van der Waals surface area contributed by atoms with Crippen molar-refractivity contribution < 1.29 is 28.6 Å². The molecule has 0 bridgehead atoms. The molecule has 0 heterocycles. The summed E-state index contributed by atoms with van der Waals surface area (Å²) in [6.07, 6.45) is 84.0. The highest BCUT2D eigenvalue weighted by Crippen LogP contribution is 2.15. The van der Waals surface area contributed by atoms with Crippen molar-refractivity contribution in [2.75, 3.05) is 13.2 Å². The van der Waals surface area contributed by atoms with Crippen molar-refractivity contribution in [1.29, 1.82) is 0 Å². The summed E-state index contributed by atoms with van der Waals surface area (Å²) in [7, 11) is 0. The molecule has 0 spiro atoms. The highest BCUT2D eigenvalue weighted by atomic mass is 16.6. The van der Waals surface area contributed by atoms with Crippen LogP contribution < -0.4 is 0 Å². The lowest BCUT2D eigenvalue weighted by molar-refractivity contribution is -0.167. The van der Waals surface area contributed by atoms with Gasteiger partial charge < -0.3 is 14.2 Å². The lowest BCUT2D eigenvalue weighted by Gasteiger charge is -2.18. The Morgan fingerprint density at radius 2 is 0.520 bits per heavy atom. The first-order chi connectivity index (χ1) is 37.0. The van der Waals surface area contributed by atoms with E-state index in [0.717, 1.165) is 122 Å². The van der Waals surface area contributed by atoms with Crippen LogP contribution in [0.25, 0.3) is 0 Å². The van der Waals surface area contributed by atoms with E-state index in [1.807, 2.05) is 0 Å². The van der Waals surface area contributed by atoms with Gasteiger partial charge in [-0.05, 0) is 122 Å². The summed E-state index contributed by atoms with van der Waals surface area (Å²) in [6, 6.07) is 0. The zero-order valence-corrected chi connectivity index (χ0v) is 49.3. The van der Waals surface area contributed by atoms with E-state index in [4.69, 9.17) is 14.2 Å². The molecule has 6 heteroatoms. The molecule has 430 valence electrons. The average Bonchev–Trinajstić information content (AvgIpc) is 3.41. The summed E-state index contributed by atoms with van der Waals surface area (Å²) in [5.74, 6) is -0.916. The molecular weight excluding hydrogens is 925 g/mol. The van der Waals surface area contributed by atoms with Crippen molar-refractivity contribution in [3.63, 3.8) is 0 Å². The zero-order chi connectivity index (χ0) is 54.3. The summed E-state index contributed by atoms with van der Waals surface area (Å²) in [5, 5.41) is 0. The van der Waals surface area contributed by atoms with E-state index in [1.54, 1.807) is 0 Å². The standard InChI is InChI=1S/C69H118O6/c1-4-7-10-13-16-19-22-25-28-30-32-34-36-38-41-44-47-50-53-56-59-62-68(71)74-65-66(64-73-67(70)61-58-55-52-49-46-43-40-27-24-21-18-15-12-9-6-3)75-69(72)63-60-57-54-51-48-45-42-39-37-35-33-31-29-26-23-20-17-14-11-8-5-2/h9,12,18,21-23,25-27,30-33,36,38,40,66H,4-8,10-11,13-17,19-20,24,28-29,34-35,37,39,41-65H2,1-3H3/b12-9-,21-18-,25-22-,26-23-,32-30-,33-31-,38-36-,40-27-. The number of carbonyl (C=O) groups is 3. The molecule has 0 amide bonds. The van der Waals surface area contributed by atoms with E-state index >= 15 is 0 Å². The van der Waals surface area contributed by atoms with Gasteiger partial charge in [0.05, 0.1) is 0 Å². The second-order valence-electron chi connectivity index (χ2n) is 20.9. The number of carbonyl (C=O) groups excluding carboxylic acids is 3. The van der Waals surface area contributed by atoms with Crippen molar-refractivity contribution in [2.45, 2.75) is 309 Å². The highest BCUT2D eigenvalue weighted by Gasteiger charge is 2.19. The Morgan fingerprint density at radius 1 is 0.280 bits per heavy atom. The van der Waals surface area contributed by atoms with Crippen LogP contribution in [0.4, 0.5) is 0 Å². The van der Waals surface area contributed by atoms with E-state index in [2.05, 4.69) is 118 Å². The average molecular weight is 1040 g/mol. The van der Waals surface area contributed by atoms with Crippen LogP contribution >= 0.6 is 0 Å². The minimum Gasteiger partial charge on any atom is -0.462 e. The summed E-state index contributed by atoms with van der Waals surface area (Å²) in [6.45, 7) is 6.50. The van der Waals surface area contributed by atoms with Gasteiger partial charge in [-0.2, -0.15) is 0 Å². The normalized spacial score (nSPS) is 12.7. The summed E-state index contributed by atoms with van der Waals surface area (Å²) in [4.78, 5) is 38.3. The topological polar surface area (TPSA) is 78.9 Å². The molecule has 0 saturated heterocycles. The van der Waals surface area contributed by atoms with Crippen LogP contribution in [-0.4, -0.2) is 37.2 Å². The summed E-state index contributed by atoms with van der Waals surface area (Å²) in [5.41, 5.74) is 0. The van der Waals surface area contributed by atoms with Gasteiger partial charge in [0.25, 0.3) is 0 Å². The smallest absolute Gasteiger partial charge is 0.306 e. The van der Waals surface area contributed by atoms with Crippen LogP contribution in [0.2, 0.25) is 0 Å². The molecule has 0 N–H and O–H groups in total. The number of hydrogen-bond donors (Lipinski definition) is 0. The first-order valence-electron chi connectivity index (χ1n) is 31.7. The van der Waals surface area contributed by atoms with Crippen molar-refractivity contribution in [3.8, 4) is 0 Å². The van der Waals surface area contributed by atoms with Gasteiger partial charge in [-0.3, -0.25) is 14.4 Å².